The summed E-state index contributed by atoms with van der Waals surface area (Å²) in [6.07, 6.45) is 2.15. The van der Waals surface area contributed by atoms with Crippen molar-refractivity contribution in [1.29, 1.82) is 0 Å². The van der Waals surface area contributed by atoms with Crippen molar-refractivity contribution in [3.63, 3.8) is 0 Å². The number of fused-ring (bicyclic) bond motifs is 1. The maximum absolute atomic E-state index is 6.00. The van der Waals surface area contributed by atoms with E-state index in [2.05, 4.69) is 15.0 Å². The van der Waals surface area contributed by atoms with Crippen molar-refractivity contribution in [3.05, 3.63) is 60.3 Å². The fourth-order valence-electron chi connectivity index (χ4n) is 4.02. The quantitative estimate of drug-likeness (QED) is 0.463. The van der Waals surface area contributed by atoms with Crippen molar-refractivity contribution in [3.8, 4) is 17.1 Å². The lowest BCUT2D eigenvalue weighted by molar-refractivity contribution is 0.167. The lowest BCUT2D eigenvalue weighted by atomic mass is 9.98. The van der Waals surface area contributed by atoms with Gasteiger partial charge in [-0.3, -0.25) is 4.90 Å². The van der Waals surface area contributed by atoms with Crippen LogP contribution in [-0.4, -0.2) is 39.7 Å². The fraction of sp³-hybridized carbons (Fsp3) is 0.348. The predicted octanol–water partition coefficient (Wildman–Crippen LogP) is 4.66. The molecule has 1 saturated heterocycles. The maximum Gasteiger partial charge on any atom is 0.241 e. The Morgan fingerprint density at radius 3 is 2.87 bits per heavy atom. The molecule has 0 spiro atoms. The minimum atomic E-state index is 0.271. The number of aromatic nitrogens is 3. The van der Waals surface area contributed by atoms with Gasteiger partial charge in [0.25, 0.3) is 0 Å². The summed E-state index contributed by atoms with van der Waals surface area (Å²) in [5.74, 6) is 3.02. The first-order valence-electron chi connectivity index (χ1n) is 10.4. The van der Waals surface area contributed by atoms with Crippen molar-refractivity contribution in [2.45, 2.75) is 32.2 Å². The Morgan fingerprint density at radius 2 is 1.97 bits per heavy atom. The molecule has 0 saturated carbocycles. The molecule has 2 aromatic heterocycles. The first kappa shape index (κ1) is 18.8. The molecule has 1 atom stereocenters. The second kappa shape index (κ2) is 8.28. The van der Waals surface area contributed by atoms with Crippen LogP contribution in [0.2, 0.25) is 0 Å². The largest absolute Gasteiger partial charge is 0.493 e. The molecule has 0 unspecified atom stereocenters. The fourth-order valence-corrected chi connectivity index (χ4v) is 4.02. The molecule has 0 bridgehead atoms. The molecular weight excluding hydrogens is 380 g/mol. The molecule has 4 aromatic rings. The van der Waals surface area contributed by atoms with Gasteiger partial charge in [-0.1, -0.05) is 29.4 Å². The number of hydrogen-bond donors (Lipinski definition) is 0. The molecule has 1 aliphatic heterocycles. The van der Waals surface area contributed by atoms with Gasteiger partial charge in [0, 0.05) is 12.5 Å². The van der Waals surface area contributed by atoms with Gasteiger partial charge in [-0.2, -0.15) is 4.98 Å². The summed E-state index contributed by atoms with van der Waals surface area (Å²) in [6.45, 7) is 5.01. The van der Waals surface area contributed by atoms with E-state index in [1.807, 2.05) is 55.5 Å². The first-order valence-corrected chi connectivity index (χ1v) is 10.4. The number of oxazole rings is 1. The van der Waals surface area contributed by atoms with Gasteiger partial charge >= 0.3 is 0 Å². The predicted molar refractivity (Wildman–Crippen MR) is 112 cm³/mol. The molecule has 3 heterocycles. The Labute approximate surface area is 174 Å². The third kappa shape index (κ3) is 3.80. The van der Waals surface area contributed by atoms with Crippen LogP contribution in [0, 0.1) is 0 Å². The molecule has 2 aromatic carbocycles. The summed E-state index contributed by atoms with van der Waals surface area (Å²) < 4.78 is 17.2. The highest BCUT2D eigenvalue weighted by Gasteiger charge is 2.26. The summed E-state index contributed by atoms with van der Waals surface area (Å²) in [6, 6.07) is 15.7. The van der Waals surface area contributed by atoms with Crippen molar-refractivity contribution < 1.29 is 13.7 Å². The van der Waals surface area contributed by atoms with E-state index in [1.54, 1.807) is 0 Å². The zero-order valence-electron chi connectivity index (χ0n) is 17.0. The molecule has 5 rings (SSSR count). The van der Waals surface area contributed by atoms with Crippen LogP contribution in [0.5, 0.6) is 5.75 Å². The summed E-state index contributed by atoms with van der Waals surface area (Å²) in [7, 11) is 0. The minimum absolute atomic E-state index is 0.271. The summed E-state index contributed by atoms with van der Waals surface area (Å²) in [4.78, 5) is 11.6. The topological polar surface area (TPSA) is 77.4 Å². The minimum Gasteiger partial charge on any atom is -0.493 e. The van der Waals surface area contributed by atoms with E-state index in [1.165, 1.54) is 0 Å². The molecule has 7 heteroatoms. The third-order valence-corrected chi connectivity index (χ3v) is 5.42. The number of likely N-dealkylation sites (tertiary alicyclic amines) is 1. The summed E-state index contributed by atoms with van der Waals surface area (Å²) in [5, 5.41) is 4.18. The number of hydrogen-bond acceptors (Lipinski definition) is 7. The van der Waals surface area contributed by atoms with Gasteiger partial charge in [0.1, 0.15) is 11.3 Å². The van der Waals surface area contributed by atoms with Gasteiger partial charge in [0.2, 0.25) is 11.7 Å². The lowest BCUT2D eigenvalue weighted by Crippen LogP contribution is -2.34. The number of piperidine rings is 1. The Balaban J connectivity index is 1.29. The van der Waals surface area contributed by atoms with E-state index in [-0.39, 0.29) is 5.92 Å². The Kier molecular flexibility index (Phi) is 5.19. The Morgan fingerprint density at radius 1 is 1.10 bits per heavy atom. The highest BCUT2D eigenvalue weighted by Crippen LogP contribution is 2.31. The second-order valence-electron chi connectivity index (χ2n) is 7.53. The average molecular weight is 404 g/mol. The van der Waals surface area contributed by atoms with Crippen molar-refractivity contribution >= 4 is 11.1 Å². The normalized spacial score (nSPS) is 17.4. The lowest BCUT2D eigenvalue weighted by Gasteiger charge is -2.29. The van der Waals surface area contributed by atoms with E-state index >= 15 is 0 Å². The number of para-hydroxylation sites is 3. The third-order valence-electron chi connectivity index (χ3n) is 5.42. The molecule has 7 nitrogen and oxygen atoms in total. The maximum atomic E-state index is 6.00. The molecule has 1 aliphatic rings. The Bertz CT molecular complexity index is 1100. The monoisotopic (exact) mass is 404 g/mol. The molecule has 154 valence electrons. The first-order chi connectivity index (χ1) is 14.8. The van der Waals surface area contributed by atoms with E-state index < -0.39 is 0 Å². The van der Waals surface area contributed by atoms with Crippen LogP contribution in [0.3, 0.4) is 0 Å². The van der Waals surface area contributed by atoms with Crippen molar-refractivity contribution in [1.82, 2.24) is 20.0 Å². The molecule has 0 radical (unpaired) electrons. The Hall–Kier alpha value is -3.19. The van der Waals surface area contributed by atoms with Gasteiger partial charge in [-0.25, -0.2) is 4.98 Å². The summed E-state index contributed by atoms with van der Waals surface area (Å²) in [5.41, 5.74) is 2.61. The molecule has 30 heavy (non-hydrogen) atoms. The second-order valence-corrected chi connectivity index (χ2v) is 7.53. The molecular formula is C23H24N4O3. The number of ether oxygens (including phenoxy) is 1. The van der Waals surface area contributed by atoms with Crippen LogP contribution in [-0.2, 0) is 6.54 Å². The van der Waals surface area contributed by atoms with Crippen molar-refractivity contribution in [2.24, 2.45) is 0 Å². The highest BCUT2D eigenvalue weighted by molar-refractivity contribution is 5.72. The van der Waals surface area contributed by atoms with Crippen LogP contribution in [0.4, 0.5) is 0 Å². The molecule has 0 amide bonds. The molecule has 1 fully saturated rings. The number of benzene rings is 2. The average Bonchev–Trinajstić information content (AvgIpc) is 3.42. The molecule has 0 N–H and O–H groups in total. The van der Waals surface area contributed by atoms with E-state index in [9.17, 15) is 0 Å². The standard InChI is InChI=1S/C23H24N4O3/c1-2-28-19-11-5-3-9-17(19)22-25-21(30-26-22)15-27-13-7-8-16(14-27)23-24-18-10-4-6-12-20(18)29-23/h3-6,9-12,16H,2,7-8,13-15H2,1H3/t16-/m1/s1. The molecule has 0 aliphatic carbocycles. The van der Waals surface area contributed by atoms with Gasteiger partial charge in [-0.15, -0.1) is 0 Å². The van der Waals surface area contributed by atoms with Gasteiger partial charge in [0.15, 0.2) is 11.5 Å². The van der Waals surface area contributed by atoms with Gasteiger partial charge in [0.05, 0.1) is 18.7 Å². The summed E-state index contributed by atoms with van der Waals surface area (Å²) >= 11 is 0. The van der Waals surface area contributed by atoms with E-state index in [4.69, 9.17) is 18.7 Å². The SMILES string of the molecule is CCOc1ccccc1-c1noc(CN2CCC[C@@H](c3nc4ccccc4o3)C2)n1. The van der Waals surface area contributed by atoms with Crippen LogP contribution in [0.1, 0.15) is 37.5 Å². The van der Waals surface area contributed by atoms with Crippen LogP contribution in [0.25, 0.3) is 22.5 Å². The van der Waals surface area contributed by atoms with E-state index in [0.29, 0.717) is 24.9 Å². The van der Waals surface area contributed by atoms with Crippen LogP contribution >= 0.6 is 0 Å². The van der Waals surface area contributed by atoms with Crippen LogP contribution in [0.15, 0.2) is 57.5 Å². The van der Waals surface area contributed by atoms with Crippen molar-refractivity contribution in [2.75, 3.05) is 19.7 Å². The zero-order valence-corrected chi connectivity index (χ0v) is 17.0. The zero-order chi connectivity index (χ0) is 20.3. The van der Waals surface area contributed by atoms with Gasteiger partial charge < -0.3 is 13.7 Å². The smallest absolute Gasteiger partial charge is 0.241 e. The van der Waals surface area contributed by atoms with Crippen LogP contribution < -0.4 is 4.74 Å². The van der Waals surface area contributed by atoms with E-state index in [0.717, 1.165) is 54.2 Å². The van der Waals surface area contributed by atoms with Gasteiger partial charge in [-0.05, 0) is 50.6 Å². The number of rotatable bonds is 6. The highest BCUT2D eigenvalue weighted by atomic mass is 16.5. The number of nitrogens with zero attached hydrogens (tertiary/aromatic N) is 4.